The van der Waals surface area contributed by atoms with Crippen molar-refractivity contribution in [2.45, 2.75) is 58.5 Å². The zero-order valence-electron chi connectivity index (χ0n) is 11.5. The van der Waals surface area contributed by atoms with E-state index in [2.05, 4.69) is 33.0 Å². The molecule has 1 aliphatic heterocycles. The molecular formula is C13H26F2N2. The monoisotopic (exact) mass is 248 g/mol. The van der Waals surface area contributed by atoms with Gasteiger partial charge in [-0.15, -0.1) is 0 Å². The fraction of sp³-hybridized carbons (Fsp3) is 1.00. The highest BCUT2D eigenvalue weighted by atomic mass is 19.3. The topological polar surface area (TPSA) is 15.3 Å². The van der Waals surface area contributed by atoms with Crippen LogP contribution >= 0.6 is 0 Å². The average molecular weight is 248 g/mol. The van der Waals surface area contributed by atoms with E-state index in [0.717, 1.165) is 25.9 Å². The van der Waals surface area contributed by atoms with Crippen LogP contribution in [0.3, 0.4) is 0 Å². The van der Waals surface area contributed by atoms with Gasteiger partial charge in [0.05, 0.1) is 6.54 Å². The highest BCUT2D eigenvalue weighted by molar-refractivity contribution is 4.98. The van der Waals surface area contributed by atoms with Gasteiger partial charge in [-0.3, -0.25) is 4.90 Å². The molecule has 0 amide bonds. The Morgan fingerprint density at radius 1 is 1.29 bits per heavy atom. The minimum absolute atomic E-state index is 0.0815. The number of halogens is 2. The number of alkyl halides is 2. The maximum Gasteiger partial charge on any atom is 0.251 e. The van der Waals surface area contributed by atoms with E-state index in [-0.39, 0.29) is 12.1 Å². The van der Waals surface area contributed by atoms with Gasteiger partial charge in [-0.1, -0.05) is 27.7 Å². The van der Waals surface area contributed by atoms with Gasteiger partial charge in [0, 0.05) is 24.7 Å². The second kappa shape index (κ2) is 6.10. The van der Waals surface area contributed by atoms with E-state index >= 15 is 0 Å². The molecular weight excluding hydrogens is 222 g/mol. The number of nitrogens with zero attached hydrogens (tertiary/aromatic N) is 1. The fourth-order valence-corrected chi connectivity index (χ4v) is 2.76. The number of nitrogens with one attached hydrogen (secondary N) is 1. The lowest BCUT2D eigenvalue weighted by Crippen LogP contribution is -2.66. The Labute approximate surface area is 104 Å². The SMILES string of the molecule is CCC1(CC)CNC(C(C)C)CN1CC(F)F. The molecule has 0 bridgehead atoms. The summed E-state index contributed by atoms with van der Waals surface area (Å²) in [4.78, 5) is 2.01. The molecule has 1 heterocycles. The van der Waals surface area contributed by atoms with Gasteiger partial charge in [-0.05, 0) is 18.8 Å². The molecule has 0 saturated carbocycles. The van der Waals surface area contributed by atoms with Crippen LogP contribution < -0.4 is 5.32 Å². The highest BCUT2D eigenvalue weighted by Crippen LogP contribution is 2.29. The summed E-state index contributed by atoms with van der Waals surface area (Å²) >= 11 is 0. The second-order valence-electron chi connectivity index (χ2n) is 5.46. The smallest absolute Gasteiger partial charge is 0.251 e. The van der Waals surface area contributed by atoms with Crippen LogP contribution in [0.4, 0.5) is 8.78 Å². The molecule has 102 valence electrons. The van der Waals surface area contributed by atoms with E-state index in [1.807, 2.05) is 4.90 Å². The van der Waals surface area contributed by atoms with Crippen molar-refractivity contribution >= 4 is 0 Å². The molecule has 0 aliphatic carbocycles. The zero-order valence-corrected chi connectivity index (χ0v) is 11.5. The molecule has 1 saturated heterocycles. The third-order valence-corrected chi connectivity index (χ3v) is 4.26. The summed E-state index contributed by atoms with van der Waals surface area (Å²) in [7, 11) is 0. The van der Waals surface area contributed by atoms with E-state index in [4.69, 9.17) is 0 Å². The van der Waals surface area contributed by atoms with Crippen LogP contribution in [-0.4, -0.2) is 42.5 Å². The van der Waals surface area contributed by atoms with Gasteiger partial charge in [0.2, 0.25) is 0 Å². The highest BCUT2D eigenvalue weighted by Gasteiger charge is 2.40. The van der Waals surface area contributed by atoms with Gasteiger partial charge in [-0.25, -0.2) is 8.78 Å². The van der Waals surface area contributed by atoms with Crippen LogP contribution in [0.5, 0.6) is 0 Å². The standard InChI is InChI=1S/C13H26F2N2/c1-5-13(6-2)9-16-11(10(3)4)7-17(13)8-12(14)15/h10-12,16H,5-9H2,1-4H3. The van der Waals surface area contributed by atoms with Crippen molar-refractivity contribution in [3.63, 3.8) is 0 Å². The third-order valence-electron chi connectivity index (χ3n) is 4.26. The summed E-state index contributed by atoms with van der Waals surface area (Å²) in [5.74, 6) is 0.488. The number of hydrogen-bond donors (Lipinski definition) is 1. The van der Waals surface area contributed by atoms with E-state index in [1.165, 1.54) is 0 Å². The van der Waals surface area contributed by atoms with Gasteiger partial charge >= 0.3 is 0 Å². The molecule has 0 spiro atoms. The van der Waals surface area contributed by atoms with E-state index < -0.39 is 6.43 Å². The van der Waals surface area contributed by atoms with Crippen LogP contribution in [0.1, 0.15) is 40.5 Å². The second-order valence-corrected chi connectivity index (χ2v) is 5.46. The first kappa shape index (κ1) is 14.8. The molecule has 4 heteroatoms. The number of hydrogen-bond acceptors (Lipinski definition) is 2. The first-order valence-corrected chi connectivity index (χ1v) is 6.71. The van der Waals surface area contributed by atoms with Crippen LogP contribution in [0.15, 0.2) is 0 Å². The quantitative estimate of drug-likeness (QED) is 0.805. The maximum atomic E-state index is 12.7. The van der Waals surface area contributed by atoms with Crippen LogP contribution in [0.2, 0.25) is 0 Å². The summed E-state index contributed by atoms with van der Waals surface area (Å²) in [6.07, 6.45) is -0.388. The van der Waals surface area contributed by atoms with E-state index in [1.54, 1.807) is 0 Å². The third kappa shape index (κ3) is 3.38. The van der Waals surface area contributed by atoms with Crippen LogP contribution in [0.25, 0.3) is 0 Å². The van der Waals surface area contributed by atoms with Gasteiger partial charge < -0.3 is 5.32 Å². The van der Waals surface area contributed by atoms with Crippen LogP contribution in [0, 0.1) is 5.92 Å². The molecule has 0 aromatic carbocycles. The molecule has 2 nitrogen and oxygen atoms in total. The Bertz CT molecular complexity index is 227. The minimum atomic E-state index is -2.24. The average Bonchev–Trinajstić information content (AvgIpc) is 2.28. The molecule has 1 rings (SSSR count). The molecule has 0 aromatic heterocycles. The summed E-state index contributed by atoms with van der Waals surface area (Å²) in [5.41, 5.74) is -0.0815. The van der Waals surface area contributed by atoms with Crippen molar-refractivity contribution in [3.8, 4) is 0 Å². The predicted molar refractivity (Wildman–Crippen MR) is 67.5 cm³/mol. The first-order chi connectivity index (χ1) is 7.95. The summed E-state index contributed by atoms with van der Waals surface area (Å²) in [6.45, 7) is 9.96. The predicted octanol–water partition coefficient (Wildman–Crippen LogP) is 2.74. The molecule has 0 aromatic rings. The summed E-state index contributed by atoms with van der Waals surface area (Å²) in [6, 6.07) is 0.333. The maximum absolute atomic E-state index is 12.7. The fourth-order valence-electron chi connectivity index (χ4n) is 2.76. The Morgan fingerprint density at radius 3 is 2.29 bits per heavy atom. The number of rotatable bonds is 5. The normalized spacial score (nSPS) is 25.8. The van der Waals surface area contributed by atoms with Gasteiger partial charge in [0.1, 0.15) is 0 Å². The van der Waals surface area contributed by atoms with Crippen LogP contribution in [-0.2, 0) is 0 Å². The number of piperazine rings is 1. The molecule has 0 radical (unpaired) electrons. The van der Waals surface area contributed by atoms with Crippen molar-refractivity contribution in [1.82, 2.24) is 10.2 Å². The lowest BCUT2D eigenvalue weighted by atomic mass is 9.85. The summed E-state index contributed by atoms with van der Waals surface area (Å²) < 4.78 is 25.4. The van der Waals surface area contributed by atoms with Gasteiger partial charge in [-0.2, -0.15) is 0 Å². The lowest BCUT2D eigenvalue weighted by Gasteiger charge is -2.50. The largest absolute Gasteiger partial charge is 0.311 e. The van der Waals surface area contributed by atoms with Crippen molar-refractivity contribution < 1.29 is 8.78 Å². The minimum Gasteiger partial charge on any atom is -0.311 e. The van der Waals surface area contributed by atoms with Crippen molar-refractivity contribution in [3.05, 3.63) is 0 Å². The molecule has 1 aliphatic rings. The Balaban J connectivity index is 2.78. The van der Waals surface area contributed by atoms with Crippen molar-refractivity contribution in [2.24, 2.45) is 5.92 Å². The van der Waals surface area contributed by atoms with Gasteiger partial charge in [0.15, 0.2) is 0 Å². The molecule has 1 unspecified atom stereocenters. The summed E-state index contributed by atoms with van der Waals surface area (Å²) in [5, 5.41) is 3.53. The molecule has 1 atom stereocenters. The molecule has 1 fully saturated rings. The van der Waals surface area contributed by atoms with E-state index in [9.17, 15) is 8.78 Å². The zero-order chi connectivity index (χ0) is 13.1. The Morgan fingerprint density at radius 2 is 1.88 bits per heavy atom. The Kier molecular flexibility index (Phi) is 5.32. The van der Waals surface area contributed by atoms with Crippen molar-refractivity contribution in [2.75, 3.05) is 19.6 Å². The molecule has 1 N–H and O–H groups in total. The molecule has 17 heavy (non-hydrogen) atoms. The Hall–Kier alpha value is -0.220. The van der Waals surface area contributed by atoms with Gasteiger partial charge in [0.25, 0.3) is 6.43 Å². The first-order valence-electron chi connectivity index (χ1n) is 6.71. The lowest BCUT2D eigenvalue weighted by molar-refractivity contribution is -0.0204. The van der Waals surface area contributed by atoms with Crippen molar-refractivity contribution in [1.29, 1.82) is 0 Å². The van der Waals surface area contributed by atoms with E-state index in [0.29, 0.717) is 12.0 Å².